The Kier molecular flexibility index (Phi) is 4.67. The molecular weight excluding hydrogens is 238 g/mol. The molecule has 0 aromatic carbocycles. The van der Waals surface area contributed by atoms with Crippen molar-refractivity contribution < 1.29 is 9.53 Å². The third-order valence-corrected chi connectivity index (χ3v) is 4.45. The van der Waals surface area contributed by atoms with Crippen molar-refractivity contribution in [2.45, 2.75) is 58.9 Å². The lowest BCUT2D eigenvalue weighted by Gasteiger charge is -2.29. The molecule has 0 radical (unpaired) electrons. The zero-order valence-electron chi connectivity index (χ0n) is 12.3. The highest BCUT2D eigenvalue weighted by Gasteiger charge is 2.24. The van der Waals surface area contributed by atoms with Gasteiger partial charge in [0.1, 0.15) is 0 Å². The molecule has 19 heavy (non-hydrogen) atoms. The molecule has 1 saturated carbocycles. The van der Waals surface area contributed by atoms with Crippen LogP contribution in [0.25, 0.3) is 0 Å². The van der Waals surface area contributed by atoms with Crippen LogP contribution in [0.2, 0.25) is 0 Å². The molecule has 0 amide bonds. The minimum Gasteiger partial charge on any atom is -0.462 e. The Hall–Kier alpha value is -1.25. The molecule has 2 rings (SSSR count). The summed E-state index contributed by atoms with van der Waals surface area (Å²) in [6.07, 6.45) is 8.74. The molecule has 1 fully saturated rings. The van der Waals surface area contributed by atoms with Crippen molar-refractivity contribution in [2.75, 3.05) is 6.61 Å². The molecule has 3 heteroatoms. The van der Waals surface area contributed by atoms with E-state index in [1.165, 1.54) is 32.1 Å². The van der Waals surface area contributed by atoms with Crippen molar-refractivity contribution in [2.24, 2.45) is 5.92 Å². The van der Waals surface area contributed by atoms with Gasteiger partial charge in [-0.15, -0.1) is 0 Å². The molecule has 1 heterocycles. The van der Waals surface area contributed by atoms with Gasteiger partial charge in [0.05, 0.1) is 12.2 Å². The summed E-state index contributed by atoms with van der Waals surface area (Å²) < 4.78 is 7.35. The van der Waals surface area contributed by atoms with Crippen molar-refractivity contribution in [1.82, 2.24) is 4.57 Å². The number of esters is 1. The predicted molar refractivity (Wildman–Crippen MR) is 76.4 cm³/mol. The van der Waals surface area contributed by atoms with Crippen LogP contribution in [0.4, 0.5) is 0 Å². The second-order valence-corrected chi connectivity index (χ2v) is 5.58. The van der Waals surface area contributed by atoms with E-state index in [-0.39, 0.29) is 5.97 Å². The molecule has 106 valence electrons. The minimum atomic E-state index is -0.199. The SMILES string of the molecule is CCOC(=O)c1ccn(C(C)C2CCCCC2)c1C. The monoisotopic (exact) mass is 263 g/mol. The first-order valence-corrected chi connectivity index (χ1v) is 7.49. The Morgan fingerprint density at radius 2 is 2.11 bits per heavy atom. The van der Waals surface area contributed by atoms with Crippen molar-refractivity contribution >= 4 is 5.97 Å². The van der Waals surface area contributed by atoms with E-state index < -0.39 is 0 Å². The van der Waals surface area contributed by atoms with E-state index >= 15 is 0 Å². The quantitative estimate of drug-likeness (QED) is 0.765. The van der Waals surface area contributed by atoms with Gasteiger partial charge in [-0.05, 0) is 45.6 Å². The van der Waals surface area contributed by atoms with Crippen LogP contribution in [-0.4, -0.2) is 17.1 Å². The summed E-state index contributed by atoms with van der Waals surface area (Å²) in [5, 5.41) is 0. The van der Waals surface area contributed by atoms with Gasteiger partial charge in [0.15, 0.2) is 0 Å². The first kappa shape index (κ1) is 14.2. The molecule has 3 nitrogen and oxygen atoms in total. The third kappa shape index (κ3) is 3.02. The number of aromatic nitrogens is 1. The molecule has 0 saturated heterocycles. The summed E-state index contributed by atoms with van der Waals surface area (Å²) in [6, 6.07) is 2.37. The van der Waals surface area contributed by atoms with Crippen LogP contribution < -0.4 is 0 Å². The largest absolute Gasteiger partial charge is 0.462 e. The summed E-state index contributed by atoms with van der Waals surface area (Å²) in [5.74, 6) is 0.546. The predicted octanol–water partition coefficient (Wildman–Crippen LogP) is 4.11. The minimum absolute atomic E-state index is 0.199. The number of ether oxygens (including phenoxy) is 1. The van der Waals surface area contributed by atoms with Crippen LogP contribution in [0.15, 0.2) is 12.3 Å². The maximum atomic E-state index is 11.8. The van der Waals surface area contributed by atoms with Crippen molar-refractivity contribution in [1.29, 1.82) is 0 Å². The summed E-state index contributed by atoms with van der Waals surface area (Å²) in [4.78, 5) is 11.8. The smallest absolute Gasteiger partial charge is 0.339 e. The number of hydrogen-bond acceptors (Lipinski definition) is 2. The molecule has 1 aromatic rings. The second-order valence-electron chi connectivity index (χ2n) is 5.58. The average Bonchev–Trinajstić information content (AvgIpc) is 2.81. The van der Waals surface area contributed by atoms with Gasteiger partial charge in [-0.25, -0.2) is 4.79 Å². The fraction of sp³-hybridized carbons (Fsp3) is 0.688. The van der Waals surface area contributed by atoms with E-state index in [0.717, 1.165) is 11.6 Å². The summed E-state index contributed by atoms with van der Waals surface area (Å²) in [5.41, 5.74) is 1.75. The topological polar surface area (TPSA) is 31.2 Å². The number of nitrogens with zero attached hydrogens (tertiary/aromatic N) is 1. The third-order valence-electron chi connectivity index (χ3n) is 4.45. The number of rotatable bonds is 4. The lowest BCUT2D eigenvalue weighted by molar-refractivity contribution is 0.0525. The van der Waals surface area contributed by atoms with Crippen molar-refractivity contribution in [3.8, 4) is 0 Å². The van der Waals surface area contributed by atoms with Gasteiger partial charge in [0, 0.05) is 17.9 Å². The maximum Gasteiger partial charge on any atom is 0.339 e. The van der Waals surface area contributed by atoms with Crippen LogP contribution in [0.3, 0.4) is 0 Å². The molecule has 0 aliphatic heterocycles. The summed E-state index contributed by atoms with van der Waals surface area (Å²) in [7, 11) is 0. The fourth-order valence-electron chi connectivity index (χ4n) is 3.24. The van der Waals surface area contributed by atoms with Gasteiger partial charge in [-0.1, -0.05) is 19.3 Å². The second kappa shape index (κ2) is 6.27. The van der Waals surface area contributed by atoms with Gasteiger partial charge >= 0.3 is 5.97 Å². The molecule has 1 unspecified atom stereocenters. The Labute approximate surface area is 115 Å². The normalized spacial score (nSPS) is 18.3. The van der Waals surface area contributed by atoms with E-state index in [1.807, 2.05) is 26.1 Å². The molecular formula is C16H25NO2. The zero-order valence-corrected chi connectivity index (χ0v) is 12.3. The highest BCUT2D eigenvalue weighted by Crippen LogP contribution is 2.33. The summed E-state index contributed by atoms with van der Waals surface area (Å²) in [6.45, 7) is 6.57. The number of hydrogen-bond donors (Lipinski definition) is 0. The molecule has 0 spiro atoms. The lowest BCUT2D eigenvalue weighted by atomic mass is 9.84. The molecule has 1 aromatic heterocycles. The van der Waals surface area contributed by atoms with Crippen LogP contribution >= 0.6 is 0 Å². The van der Waals surface area contributed by atoms with Gasteiger partial charge in [0.25, 0.3) is 0 Å². The number of carbonyl (C=O) groups excluding carboxylic acids is 1. The van der Waals surface area contributed by atoms with E-state index in [2.05, 4.69) is 11.5 Å². The number of carbonyl (C=O) groups is 1. The molecule has 1 aliphatic carbocycles. The molecule has 0 bridgehead atoms. The molecule has 1 aliphatic rings. The van der Waals surface area contributed by atoms with Crippen molar-refractivity contribution in [3.63, 3.8) is 0 Å². The molecule has 0 N–H and O–H groups in total. The van der Waals surface area contributed by atoms with Gasteiger partial charge in [0.2, 0.25) is 0 Å². The van der Waals surface area contributed by atoms with E-state index in [1.54, 1.807) is 0 Å². The van der Waals surface area contributed by atoms with Crippen LogP contribution in [0, 0.1) is 12.8 Å². The van der Waals surface area contributed by atoms with E-state index in [9.17, 15) is 4.79 Å². The van der Waals surface area contributed by atoms with Crippen molar-refractivity contribution in [3.05, 3.63) is 23.5 Å². The highest BCUT2D eigenvalue weighted by atomic mass is 16.5. The average molecular weight is 263 g/mol. The zero-order chi connectivity index (χ0) is 13.8. The van der Waals surface area contributed by atoms with Gasteiger partial charge in [-0.3, -0.25) is 0 Å². The van der Waals surface area contributed by atoms with Crippen LogP contribution in [0.5, 0.6) is 0 Å². The van der Waals surface area contributed by atoms with Gasteiger partial charge < -0.3 is 9.30 Å². The van der Waals surface area contributed by atoms with E-state index in [0.29, 0.717) is 18.2 Å². The maximum absolute atomic E-state index is 11.8. The standard InChI is InChI=1S/C16H25NO2/c1-4-19-16(18)15-10-11-17(13(15)3)12(2)14-8-6-5-7-9-14/h10-12,14H,4-9H2,1-3H3. The lowest BCUT2D eigenvalue weighted by Crippen LogP contribution is -2.20. The molecule has 1 atom stereocenters. The Balaban J connectivity index is 2.14. The fourth-order valence-corrected chi connectivity index (χ4v) is 3.24. The van der Waals surface area contributed by atoms with Gasteiger partial charge in [-0.2, -0.15) is 0 Å². The Morgan fingerprint density at radius 1 is 1.42 bits per heavy atom. The van der Waals surface area contributed by atoms with Crippen LogP contribution in [0.1, 0.15) is 68.0 Å². The highest BCUT2D eigenvalue weighted by molar-refractivity contribution is 5.90. The van der Waals surface area contributed by atoms with E-state index in [4.69, 9.17) is 4.74 Å². The first-order valence-electron chi connectivity index (χ1n) is 7.49. The Morgan fingerprint density at radius 3 is 2.74 bits per heavy atom. The Bertz CT molecular complexity index is 430. The van der Waals surface area contributed by atoms with Crippen LogP contribution in [-0.2, 0) is 4.74 Å². The first-order chi connectivity index (χ1) is 9.15. The summed E-state index contributed by atoms with van der Waals surface area (Å²) >= 11 is 0.